The van der Waals surface area contributed by atoms with Gasteiger partial charge in [-0.25, -0.2) is 23.2 Å². The highest BCUT2D eigenvalue weighted by atomic mass is 32.2. The molecular formula is C14H15N5O5S2. The number of rotatable bonds is 8. The van der Waals surface area contributed by atoms with Gasteiger partial charge in [0.1, 0.15) is 11.5 Å². The highest BCUT2D eigenvalue weighted by molar-refractivity contribution is 7.93. The van der Waals surface area contributed by atoms with Gasteiger partial charge in [-0.15, -0.1) is 11.3 Å². The second-order valence-corrected chi connectivity index (χ2v) is 7.58. The number of aromatic carboxylic acids is 1. The van der Waals surface area contributed by atoms with Gasteiger partial charge >= 0.3 is 5.97 Å². The standard InChI is InChI=1S/C14H15N5O5S2/c15-14(16)17-6-9(20)5-8-1-3-10(4-2-8)26(23,24)19-12-11(13(21)22)18-7-25-12/h1-4,7,19H,5-6H2,(H,21,22)(H4,15,16,17). The fourth-order valence-electron chi connectivity index (χ4n) is 1.90. The lowest BCUT2D eigenvalue weighted by Crippen LogP contribution is -2.24. The summed E-state index contributed by atoms with van der Waals surface area (Å²) < 4.78 is 26.9. The van der Waals surface area contributed by atoms with Crippen LogP contribution in [0.4, 0.5) is 5.00 Å². The number of carbonyl (C=O) groups is 2. The SMILES string of the molecule is NC(N)=NCC(=O)Cc1ccc(S(=O)(=O)Nc2scnc2C(=O)O)cc1. The van der Waals surface area contributed by atoms with E-state index in [9.17, 15) is 18.0 Å². The van der Waals surface area contributed by atoms with E-state index in [0.29, 0.717) is 5.56 Å². The summed E-state index contributed by atoms with van der Waals surface area (Å²) in [6.45, 7) is -0.159. The summed E-state index contributed by atoms with van der Waals surface area (Å²) in [5.74, 6) is -1.75. The number of Topliss-reactive ketones (excluding diaryl/α,β-unsaturated/α-hetero) is 1. The number of carboxylic acids is 1. The molecule has 0 amide bonds. The maximum Gasteiger partial charge on any atom is 0.357 e. The van der Waals surface area contributed by atoms with Crippen LogP contribution in [0.15, 0.2) is 39.7 Å². The first kappa shape index (κ1) is 19.3. The molecule has 26 heavy (non-hydrogen) atoms. The Balaban J connectivity index is 2.11. The van der Waals surface area contributed by atoms with Crippen LogP contribution in [0, 0.1) is 0 Å². The van der Waals surface area contributed by atoms with E-state index in [-0.39, 0.29) is 40.3 Å². The van der Waals surface area contributed by atoms with Crippen LogP contribution in [0.5, 0.6) is 0 Å². The summed E-state index contributed by atoms with van der Waals surface area (Å²) in [5, 5.41) is 8.88. The van der Waals surface area contributed by atoms with E-state index in [0.717, 1.165) is 11.3 Å². The Morgan fingerprint density at radius 3 is 2.46 bits per heavy atom. The van der Waals surface area contributed by atoms with Gasteiger partial charge in [0.15, 0.2) is 17.4 Å². The normalized spacial score (nSPS) is 10.9. The van der Waals surface area contributed by atoms with Crippen molar-refractivity contribution in [3.8, 4) is 0 Å². The molecule has 2 rings (SSSR count). The Morgan fingerprint density at radius 1 is 1.23 bits per heavy atom. The van der Waals surface area contributed by atoms with Crippen LogP contribution in [0.3, 0.4) is 0 Å². The zero-order valence-corrected chi connectivity index (χ0v) is 14.9. The molecule has 0 unspecified atom stereocenters. The topological polar surface area (TPSA) is 178 Å². The molecule has 1 heterocycles. The maximum atomic E-state index is 12.3. The molecule has 0 spiro atoms. The highest BCUT2D eigenvalue weighted by Crippen LogP contribution is 2.24. The molecule has 6 N–H and O–H groups in total. The van der Waals surface area contributed by atoms with Crippen molar-refractivity contribution in [3.63, 3.8) is 0 Å². The first-order valence-electron chi connectivity index (χ1n) is 7.04. The fourth-order valence-corrected chi connectivity index (χ4v) is 3.89. The van der Waals surface area contributed by atoms with Crippen molar-refractivity contribution in [1.82, 2.24) is 4.98 Å². The predicted octanol–water partition coefficient (Wildman–Crippen LogP) is 0.0271. The van der Waals surface area contributed by atoms with E-state index in [2.05, 4.69) is 14.7 Å². The third-order valence-electron chi connectivity index (χ3n) is 3.07. The summed E-state index contributed by atoms with van der Waals surface area (Å²) in [6.07, 6.45) is 0.0442. The van der Waals surface area contributed by atoms with Gasteiger partial charge in [0, 0.05) is 6.42 Å². The van der Waals surface area contributed by atoms with Gasteiger partial charge in [-0.2, -0.15) is 0 Å². The number of benzene rings is 1. The van der Waals surface area contributed by atoms with Crippen molar-refractivity contribution in [2.45, 2.75) is 11.3 Å². The van der Waals surface area contributed by atoms with Crippen molar-refractivity contribution in [1.29, 1.82) is 0 Å². The summed E-state index contributed by atoms with van der Waals surface area (Å²) in [6, 6.07) is 5.58. The lowest BCUT2D eigenvalue weighted by Gasteiger charge is -2.07. The minimum atomic E-state index is -3.99. The molecule has 0 aliphatic heterocycles. The van der Waals surface area contributed by atoms with Crippen molar-refractivity contribution in [2.75, 3.05) is 11.3 Å². The number of nitrogens with one attached hydrogen (secondary N) is 1. The quantitative estimate of drug-likeness (QED) is 0.356. The minimum Gasteiger partial charge on any atom is -0.476 e. The number of nitrogens with zero attached hydrogens (tertiary/aromatic N) is 2. The largest absolute Gasteiger partial charge is 0.476 e. The van der Waals surface area contributed by atoms with Crippen LogP contribution in [0.2, 0.25) is 0 Å². The molecule has 1 aromatic heterocycles. The molecule has 2 aromatic rings. The third-order valence-corrected chi connectivity index (χ3v) is 5.31. The molecular weight excluding hydrogens is 382 g/mol. The number of ketones is 1. The van der Waals surface area contributed by atoms with E-state index in [1.807, 2.05) is 0 Å². The molecule has 1 aromatic carbocycles. The Kier molecular flexibility index (Phi) is 5.90. The number of nitrogens with two attached hydrogens (primary N) is 2. The number of aliphatic imine (C=N–C) groups is 1. The smallest absolute Gasteiger partial charge is 0.357 e. The molecule has 0 fully saturated rings. The van der Waals surface area contributed by atoms with E-state index in [4.69, 9.17) is 16.6 Å². The highest BCUT2D eigenvalue weighted by Gasteiger charge is 2.21. The Bertz CT molecular complexity index is 946. The van der Waals surface area contributed by atoms with Crippen molar-refractivity contribution >= 4 is 44.1 Å². The first-order chi connectivity index (χ1) is 12.2. The Hall–Kier alpha value is -2.99. The second kappa shape index (κ2) is 7.93. The number of carbonyl (C=O) groups excluding carboxylic acids is 1. The summed E-state index contributed by atoms with van der Waals surface area (Å²) in [5.41, 5.74) is 11.7. The molecule has 0 aliphatic carbocycles. The molecule has 10 nitrogen and oxygen atoms in total. The molecule has 0 aliphatic rings. The first-order valence-corrected chi connectivity index (χ1v) is 9.41. The number of sulfonamides is 1. The van der Waals surface area contributed by atoms with Gasteiger partial charge in [-0.05, 0) is 17.7 Å². The van der Waals surface area contributed by atoms with E-state index in [1.54, 1.807) is 0 Å². The average Bonchev–Trinajstić information content (AvgIpc) is 3.01. The lowest BCUT2D eigenvalue weighted by molar-refractivity contribution is -0.117. The van der Waals surface area contributed by atoms with E-state index in [1.165, 1.54) is 29.8 Å². The Labute approximate surface area is 152 Å². The summed E-state index contributed by atoms with van der Waals surface area (Å²) in [7, 11) is -3.99. The van der Waals surface area contributed by atoms with Crippen molar-refractivity contribution in [2.24, 2.45) is 16.5 Å². The van der Waals surface area contributed by atoms with Crippen LogP contribution >= 0.6 is 11.3 Å². The number of hydrogen-bond donors (Lipinski definition) is 4. The van der Waals surface area contributed by atoms with Crippen molar-refractivity contribution < 1.29 is 23.1 Å². The molecule has 0 saturated carbocycles. The van der Waals surface area contributed by atoms with Gasteiger partial charge in [-0.3, -0.25) is 9.52 Å². The zero-order chi connectivity index (χ0) is 19.3. The fraction of sp³-hybridized carbons (Fsp3) is 0.143. The number of guanidine groups is 1. The number of aromatic nitrogens is 1. The van der Waals surface area contributed by atoms with Crippen LogP contribution in [0.1, 0.15) is 16.1 Å². The Morgan fingerprint density at radius 2 is 1.88 bits per heavy atom. The van der Waals surface area contributed by atoms with Crippen LogP contribution in [-0.2, 0) is 21.2 Å². The van der Waals surface area contributed by atoms with Gasteiger partial charge in [0.25, 0.3) is 10.0 Å². The predicted molar refractivity (Wildman–Crippen MR) is 95.7 cm³/mol. The molecule has 12 heteroatoms. The number of thiazole rings is 1. The molecule has 0 bridgehead atoms. The molecule has 0 saturated heterocycles. The van der Waals surface area contributed by atoms with Gasteiger partial charge in [0.05, 0.1) is 10.4 Å². The molecule has 0 radical (unpaired) electrons. The van der Waals surface area contributed by atoms with Crippen LogP contribution < -0.4 is 16.2 Å². The second-order valence-electron chi connectivity index (χ2n) is 5.04. The minimum absolute atomic E-state index is 0.0442. The monoisotopic (exact) mass is 397 g/mol. The maximum absolute atomic E-state index is 12.3. The van der Waals surface area contributed by atoms with E-state index < -0.39 is 16.0 Å². The molecule has 138 valence electrons. The van der Waals surface area contributed by atoms with Gasteiger partial charge < -0.3 is 16.6 Å². The lowest BCUT2D eigenvalue weighted by atomic mass is 10.1. The van der Waals surface area contributed by atoms with Gasteiger partial charge in [0.2, 0.25) is 0 Å². The average molecular weight is 397 g/mol. The van der Waals surface area contributed by atoms with Gasteiger partial charge in [-0.1, -0.05) is 12.1 Å². The summed E-state index contributed by atoms with van der Waals surface area (Å²) >= 11 is 0.859. The molecule has 0 atom stereocenters. The number of carboxylic acid groups (broad SMARTS) is 1. The third kappa shape index (κ3) is 5.00. The number of anilines is 1. The summed E-state index contributed by atoms with van der Waals surface area (Å²) in [4.78, 5) is 29.8. The van der Waals surface area contributed by atoms with Crippen molar-refractivity contribution in [3.05, 3.63) is 41.0 Å². The zero-order valence-electron chi connectivity index (χ0n) is 13.2. The van der Waals surface area contributed by atoms with Crippen LogP contribution in [-0.4, -0.2) is 42.8 Å². The van der Waals surface area contributed by atoms with Crippen LogP contribution in [0.25, 0.3) is 0 Å². The van der Waals surface area contributed by atoms with E-state index >= 15 is 0 Å². The number of hydrogen-bond acceptors (Lipinski definition) is 7.